The van der Waals surface area contributed by atoms with Crippen LogP contribution in [0.1, 0.15) is 43.0 Å². The Balaban J connectivity index is 1.41. The zero-order valence-electron chi connectivity index (χ0n) is 15.4. The van der Waals surface area contributed by atoms with E-state index in [0.717, 1.165) is 25.3 Å². The van der Waals surface area contributed by atoms with Crippen molar-refractivity contribution in [1.29, 1.82) is 0 Å². The Hall–Kier alpha value is -2.33. The molecular weight excluding hydrogens is 326 g/mol. The van der Waals surface area contributed by atoms with E-state index in [9.17, 15) is 4.79 Å². The molecule has 0 bridgehead atoms. The maximum Gasteiger partial charge on any atom is 0.338 e. The summed E-state index contributed by atoms with van der Waals surface area (Å²) in [5.41, 5.74) is 0.553. The second kappa shape index (κ2) is 9.39. The summed E-state index contributed by atoms with van der Waals surface area (Å²) in [4.78, 5) is 14.6. The molecule has 0 saturated carbocycles. The minimum absolute atomic E-state index is 0.275. The van der Waals surface area contributed by atoms with Gasteiger partial charge in [-0.05, 0) is 69.1 Å². The van der Waals surface area contributed by atoms with Gasteiger partial charge in [-0.2, -0.15) is 0 Å². The van der Waals surface area contributed by atoms with Crippen LogP contribution in [0.3, 0.4) is 0 Å². The maximum absolute atomic E-state index is 12.2. The summed E-state index contributed by atoms with van der Waals surface area (Å²) in [6.07, 6.45) is 4.76. The summed E-state index contributed by atoms with van der Waals surface area (Å²) in [5.74, 6) is 1.20. The van der Waals surface area contributed by atoms with Gasteiger partial charge in [-0.1, -0.05) is 24.6 Å². The lowest BCUT2D eigenvalue weighted by Crippen LogP contribution is -2.38. The number of rotatable bonds is 7. The Bertz CT molecular complexity index is 684. The molecule has 1 unspecified atom stereocenters. The molecule has 3 rings (SSSR count). The topological polar surface area (TPSA) is 38.8 Å². The molecule has 138 valence electrons. The van der Waals surface area contributed by atoms with E-state index in [0.29, 0.717) is 24.0 Å². The number of carbonyl (C=O) groups is 1. The van der Waals surface area contributed by atoms with Gasteiger partial charge in [-0.3, -0.25) is 0 Å². The van der Waals surface area contributed by atoms with Crippen LogP contribution in [0, 0.1) is 0 Å². The lowest BCUT2D eigenvalue weighted by molar-refractivity contribution is 0.0475. The van der Waals surface area contributed by atoms with Crippen molar-refractivity contribution in [3.63, 3.8) is 0 Å². The number of likely N-dealkylation sites (tertiary alicyclic amines) is 1. The molecule has 26 heavy (non-hydrogen) atoms. The minimum Gasteiger partial charge on any atom is -0.462 e. The van der Waals surface area contributed by atoms with Gasteiger partial charge in [0.05, 0.1) is 12.2 Å². The van der Waals surface area contributed by atoms with E-state index < -0.39 is 0 Å². The Kier molecular flexibility index (Phi) is 6.67. The molecule has 0 aliphatic carbocycles. The number of piperidine rings is 1. The molecule has 4 nitrogen and oxygen atoms in total. The molecule has 2 aromatic carbocycles. The van der Waals surface area contributed by atoms with E-state index in [4.69, 9.17) is 9.47 Å². The number of carbonyl (C=O) groups excluding carboxylic acids is 1. The van der Waals surface area contributed by atoms with Crippen molar-refractivity contribution in [2.45, 2.75) is 38.6 Å². The average molecular weight is 353 g/mol. The van der Waals surface area contributed by atoms with Crippen molar-refractivity contribution in [3.8, 4) is 11.5 Å². The number of para-hydroxylation sites is 1. The van der Waals surface area contributed by atoms with Gasteiger partial charge in [-0.15, -0.1) is 0 Å². The van der Waals surface area contributed by atoms with Crippen molar-refractivity contribution >= 4 is 5.97 Å². The van der Waals surface area contributed by atoms with Crippen LogP contribution in [-0.2, 0) is 4.74 Å². The van der Waals surface area contributed by atoms with Gasteiger partial charge in [0, 0.05) is 12.6 Å². The second-order valence-electron chi connectivity index (χ2n) is 6.81. The van der Waals surface area contributed by atoms with Crippen molar-refractivity contribution in [3.05, 3.63) is 60.2 Å². The molecule has 2 aromatic rings. The summed E-state index contributed by atoms with van der Waals surface area (Å²) in [5, 5.41) is 0. The van der Waals surface area contributed by atoms with Gasteiger partial charge in [0.1, 0.15) is 11.5 Å². The highest BCUT2D eigenvalue weighted by Crippen LogP contribution is 2.21. The predicted molar refractivity (Wildman–Crippen MR) is 103 cm³/mol. The number of ether oxygens (including phenoxy) is 2. The maximum atomic E-state index is 12.2. The molecule has 0 aromatic heterocycles. The molecule has 0 spiro atoms. The van der Waals surface area contributed by atoms with E-state index in [1.807, 2.05) is 30.3 Å². The molecule has 1 atom stereocenters. The first-order valence-electron chi connectivity index (χ1n) is 9.46. The average Bonchev–Trinajstić information content (AvgIpc) is 2.68. The molecular formula is C22H27NO3. The van der Waals surface area contributed by atoms with Crippen LogP contribution in [0.15, 0.2) is 54.6 Å². The first kappa shape index (κ1) is 18.5. The van der Waals surface area contributed by atoms with Crippen molar-refractivity contribution in [2.24, 2.45) is 0 Å². The number of hydrogen-bond donors (Lipinski definition) is 0. The Morgan fingerprint density at radius 3 is 2.50 bits per heavy atom. The molecule has 0 amide bonds. The summed E-state index contributed by atoms with van der Waals surface area (Å²) >= 11 is 0. The minimum atomic E-state index is -0.275. The Labute approximate surface area is 155 Å². The van der Waals surface area contributed by atoms with Crippen LogP contribution in [0.2, 0.25) is 0 Å². The number of nitrogens with zero attached hydrogens (tertiary/aromatic N) is 1. The van der Waals surface area contributed by atoms with Crippen molar-refractivity contribution < 1.29 is 14.3 Å². The van der Waals surface area contributed by atoms with Crippen LogP contribution in [0.5, 0.6) is 11.5 Å². The highest BCUT2D eigenvalue weighted by atomic mass is 16.5. The van der Waals surface area contributed by atoms with Gasteiger partial charge < -0.3 is 14.4 Å². The van der Waals surface area contributed by atoms with Crippen molar-refractivity contribution in [2.75, 3.05) is 19.7 Å². The fourth-order valence-electron chi connectivity index (χ4n) is 3.29. The zero-order valence-corrected chi connectivity index (χ0v) is 15.4. The van der Waals surface area contributed by atoms with Crippen molar-refractivity contribution in [1.82, 2.24) is 4.90 Å². The zero-order chi connectivity index (χ0) is 18.2. The molecule has 1 aliphatic rings. The summed E-state index contributed by atoms with van der Waals surface area (Å²) in [6.45, 7) is 4.91. The Morgan fingerprint density at radius 2 is 1.77 bits per heavy atom. The van der Waals surface area contributed by atoms with Crippen LogP contribution >= 0.6 is 0 Å². The van der Waals surface area contributed by atoms with E-state index in [1.54, 1.807) is 24.3 Å². The van der Waals surface area contributed by atoms with Crippen LogP contribution in [-0.4, -0.2) is 36.6 Å². The number of hydrogen-bond acceptors (Lipinski definition) is 4. The molecule has 1 heterocycles. The monoisotopic (exact) mass is 353 g/mol. The summed E-state index contributed by atoms with van der Waals surface area (Å²) < 4.78 is 11.1. The van der Waals surface area contributed by atoms with Crippen LogP contribution in [0.25, 0.3) is 0 Å². The molecule has 0 radical (unpaired) electrons. The quantitative estimate of drug-likeness (QED) is 0.524. The third-order valence-electron chi connectivity index (χ3n) is 4.83. The molecule has 4 heteroatoms. The lowest BCUT2D eigenvalue weighted by Gasteiger charge is -2.33. The Morgan fingerprint density at radius 1 is 1.04 bits per heavy atom. The lowest BCUT2D eigenvalue weighted by atomic mass is 10.0. The van der Waals surface area contributed by atoms with E-state index in [1.165, 1.54) is 19.3 Å². The molecule has 1 aliphatic heterocycles. The molecule has 0 N–H and O–H groups in total. The van der Waals surface area contributed by atoms with Gasteiger partial charge in [0.25, 0.3) is 0 Å². The highest BCUT2D eigenvalue weighted by Gasteiger charge is 2.17. The SMILES string of the molecule is CC1CCCCN1CCCOC(=O)c1ccc(Oc2ccccc2)cc1. The summed E-state index contributed by atoms with van der Waals surface area (Å²) in [7, 11) is 0. The summed E-state index contributed by atoms with van der Waals surface area (Å²) in [6, 6.07) is 17.3. The smallest absolute Gasteiger partial charge is 0.338 e. The van der Waals surface area contributed by atoms with Gasteiger partial charge in [0.15, 0.2) is 0 Å². The van der Waals surface area contributed by atoms with Crippen LogP contribution < -0.4 is 4.74 Å². The number of esters is 1. The second-order valence-corrected chi connectivity index (χ2v) is 6.81. The third-order valence-corrected chi connectivity index (χ3v) is 4.83. The molecule has 1 saturated heterocycles. The van der Waals surface area contributed by atoms with Gasteiger partial charge >= 0.3 is 5.97 Å². The standard InChI is InChI=1S/C22H27NO3/c1-18-8-5-6-15-23(18)16-7-17-25-22(24)19-11-13-21(14-12-19)26-20-9-3-2-4-10-20/h2-4,9-14,18H,5-8,15-17H2,1H3. The fraction of sp³-hybridized carbons (Fsp3) is 0.409. The first-order chi connectivity index (χ1) is 12.7. The normalized spacial score (nSPS) is 17.7. The van der Waals surface area contributed by atoms with E-state index in [2.05, 4.69) is 11.8 Å². The van der Waals surface area contributed by atoms with Crippen LogP contribution in [0.4, 0.5) is 0 Å². The van der Waals surface area contributed by atoms with E-state index in [-0.39, 0.29) is 5.97 Å². The number of benzene rings is 2. The first-order valence-corrected chi connectivity index (χ1v) is 9.46. The fourth-order valence-corrected chi connectivity index (χ4v) is 3.29. The third kappa shape index (κ3) is 5.33. The largest absolute Gasteiger partial charge is 0.462 e. The van der Waals surface area contributed by atoms with E-state index >= 15 is 0 Å². The van der Waals surface area contributed by atoms with Gasteiger partial charge in [0.2, 0.25) is 0 Å². The predicted octanol–water partition coefficient (Wildman–Crippen LogP) is 4.90. The highest BCUT2D eigenvalue weighted by molar-refractivity contribution is 5.89. The molecule has 1 fully saturated rings. The van der Waals surface area contributed by atoms with Gasteiger partial charge in [-0.25, -0.2) is 4.79 Å².